The minimum Gasteiger partial charge on any atom is -0.341 e. The van der Waals surface area contributed by atoms with Crippen LogP contribution in [0, 0.1) is 5.41 Å². The fourth-order valence-electron chi connectivity index (χ4n) is 4.42. The summed E-state index contributed by atoms with van der Waals surface area (Å²) in [5, 5.41) is 11.3. The highest BCUT2D eigenvalue weighted by atomic mass is 16.2. The average Bonchev–Trinajstić information content (AvgIpc) is 3.24. The van der Waals surface area contributed by atoms with Crippen molar-refractivity contribution in [1.82, 2.24) is 29.9 Å². The average molecular weight is 382 g/mol. The summed E-state index contributed by atoms with van der Waals surface area (Å²) >= 11 is 0. The first-order chi connectivity index (χ1) is 13.5. The Morgan fingerprint density at radius 3 is 2.54 bits per heavy atom. The third-order valence-corrected chi connectivity index (χ3v) is 5.98. The number of hydrogen-bond acceptors (Lipinski definition) is 4. The van der Waals surface area contributed by atoms with Crippen molar-refractivity contribution in [3.8, 4) is 0 Å². The molecular formula is C20H26N6O2. The molecule has 1 unspecified atom stereocenters. The second kappa shape index (κ2) is 7.26. The van der Waals surface area contributed by atoms with Gasteiger partial charge in [-0.15, -0.1) is 10.2 Å². The highest BCUT2D eigenvalue weighted by Crippen LogP contribution is 2.48. The third-order valence-electron chi connectivity index (χ3n) is 5.98. The van der Waals surface area contributed by atoms with Crippen LogP contribution in [0.15, 0.2) is 36.7 Å². The van der Waals surface area contributed by atoms with Gasteiger partial charge < -0.3 is 19.7 Å². The molecule has 2 fully saturated rings. The van der Waals surface area contributed by atoms with Crippen LogP contribution in [0.3, 0.4) is 0 Å². The molecule has 3 heterocycles. The molecule has 4 rings (SSSR count). The number of aryl methyl sites for hydroxylation is 1. The Bertz CT molecular complexity index is 859. The van der Waals surface area contributed by atoms with Crippen molar-refractivity contribution in [3.05, 3.63) is 48.0 Å². The quantitative estimate of drug-likeness (QED) is 0.856. The summed E-state index contributed by atoms with van der Waals surface area (Å²) < 4.78 is 1.92. The SMILES string of the molecule is CC(=O)N1CC(c2nncn2C)C2(C1)CN(C(=O)NCCc1ccccc1)C2. The van der Waals surface area contributed by atoms with E-state index in [1.54, 1.807) is 13.3 Å². The molecule has 3 amide bonds. The van der Waals surface area contributed by atoms with Gasteiger partial charge in [0.05, 0.1) is 0 Å². The van der Waals surface area contributed by atoms with E-state index in [-0.39, 0.29) is 23.3 Å². The van der Waals surface area contributed by atoms with Gasteiger partial charge in [0.1, 0.15) is 12.2 Å². The smallest absolute Gasteiger partial charge is 0.317 e. The van der Waals surface area contributed by atoms with Crippen molar-refractivity contribution in [1.29, 1.82) is 0 Å². The Hall–Kier alpha value is -2.90. The number of carbonyl (C=O) groups is 2. The molecule has 28 heavy (non-hydrogen) atoms. The topological polar surface area (TPSA) is 83.4 Å². The van der Waals surface area contributed by atoms with Crippen LogP contribution in [0.1, 0.15) is 24.2 Å². The number of nitrogens with one attached hydrogen (secondary N) is 1. The summed E-state index contributed by atoms with van der Waals surface area (Å²) in [7, 11) is 1.92. The lowest BCUT2D eigenvalue weighted by Gasteiger charge is -2.50. The molecule has 0 radical (unpaired) electrons. The van der Waals surface area contributed by atoms with Crippen molar-refractivity contribution in [2.75, 3.05) is 32.7 Å². The number of nitrogens with zero attached hydrogens (tertiary/aromatic N) is 5. The lowest BCUT2D eigenvalue weighted by molar-refractivity contribution is -0.128. The van der Waals surface area contributed by atoms with Crippen LogP contribution in [0.5, 0.6) is 0 Å². The van der Waals surface area contributed by atoms with Gasteiger partial charge >= 0.3 is 6.03 Å². The second-order valence-electron chi connectivity index (χ2n) is 7.94. The van der Waals surface area contributed by atoms with Crippen molar-refractivity contribution in [3.63, 3.8) is 0 Å². The van der Waals surface area contributed by atoms with Gasteiger partial charge in [-0.3, -0.25) is 4.79 Å². The molecule has 1 spiro atoms. The molecule has 2 aliphatic rings. The summed E-state index contributed by atoms with van der Waals surface area (Å²) in [4.78, 5) is 28.2. The number of carbonyl (C=O) groups excluding carboxylic acids is 2. The van der Waals surface area contributed by atoms with Crippen LogP contribution < -0.4 is 5.32 Å². The number of hydrogen-bond donors (Lipinski definition) is 1. The number of rotatable bonds is 4. The zero-order chi connectivity index (χ0) is 19.7. The van der Waals surface area contributed by atoms with Crippen molar-refractivity contribution in [2.24, 2.45) is 12.5 Å². The van der Waals surface area contributed by atoms with Gasteiger partial charge in [-0.05, 0) is 12.0 Å². The van der Waals surface area contributed by atoms with Crippen LogP contribution in [-0.2, 0) is 18.3 Å². The van der Waals surface area contributed by atoms with Gasteiger partial charge in [-0.1, -0.05) is 30.3 Å². The van der Waals surface area contributed by atoms with E-state index in [1.807, 2.05) is 39.6 Å². The highest BCUT2D eigenvalue weighted by molar-refractivity contribution is 5.76. The van der Waals surface area contributed by atoms with E-state index < -0.39 is 0 Å². The predicted octanol–water partition coefficient (Wildman–Crippen LogP) is 1.02. The van der Waals surface area contributed by atoms with Gasteiger partial charge in [0.2, 0.25) is 5.91 Å². The number of aromatic nitrogens is 3. The fourth-order valence-corrected chi connectivity index (χ4v) is 4.42. The van der Waals surface area contributed by atoms with Crippen molar-refractivity contribution < 1.29 is 9.59 Å². The number of benzene rings is 1. The van der Waals surface area contributed by atoms with Crippen molar-refractivity contribution >= 4 is 11.9 Å². The van der Waals surface area contributed by atoms with Gasteiger partial charge in [0.25, 0.3) is 0 Å². The first-order valence-corrected chi connectivity index (χ1v) is 9.65. The maximum absolute atomic E-state index is 12.5. The van der Waals surface area contributed by atoms with Gasteiger partial charge in [-0.2, -0.15) is 0 Å². The largest absolute Gasteiger partial charge is 0.341 e. The summed E-state index contributed by atoms with van der Waals surface area (Å²) in [5.74, 6) is 1.04. The lowest BCUT2D eigenvalue weighted by atomic mass is 9.71. The van der Waals surface area contributed by atoms with E-state index in [0.29, 0.717) is 32.7 Å². The van der Waals surface area contributed by atoms with E-state index in [4.69, 9.17) is 0 Å². The third kappa shape index (κ3) is 3.34. The molecule has 148 valence electrons. The minimum atomic E-state index is -0.136. The second-order valence-corrected chi connectivity index (χ2v) is 7.94. The Morgan fingerprint density at radius 1 is 1.18 bits per heavy atom. The molecule has 1 N–H and O–H groups in total. The van der Waals surface area contributed by atoms with Crippen molar-refractivity contribution in [2.45, 2.75) is 19.3 Å². The van der Waals surface area contributed by atoms with Crippen LogP contribution in [0.4, 0.5) is 4.79 Å². The zero-order valence-electron chi connectivity index (χ0n) is 16.3. The molecule has 8 nitrogen and oxygen atoms in total. The van der Waals surface area contributed by atoms with E-state index in [9.17, 15) is 9.59 Å². The minimum absolute atomic E-state index is 0.0421. The number of urea groups is 1. The van der Waals surface area contributed by atoms with Gasteiger partial charge in [0.15, 0.2) is 0 Å². The molecule has 1 aromatic heterocycles. The Balaban J connectivity index is 1.37. The van der Waals surface area contributed by atoms with Gasteiger partial charge in [0, 0.05) is 58.0 Å². The molecule has 1 aromatic carbocycles. The first kappa shape index (κ1) is 18.5. The molecule has 1 atom stereocenters. The number of amides is 3. The van der Waals surface area contributed by atoms with E-state index >= 15 is 0 Å². The standard InChI is InChI=1S/C20H26N6O2/c1-15(27)25-10-17(18-23-22-14-24(18)2)20(11-25)12-26(13-20)19(28)21-9-8-16-6-4-3-5-7-16/h3-7,14,17H,8-13H2,1-2H3,(H,21,28). The summed E-state index contributed by atoms with van der Waals surface area (Å²) in [6.45, 7) is 4.76. The maximum atomic E-state index is 12.5. The molecule has 0 saturated carbocycles. The molecule has 2 saturated heterocycles. The summed E-state index contributed by atoms with van der Waals surface area (Å²) in [5.41, 5.74) is 1.07. The summed E-state index contributed by atoms with van der Waals surface area (Å²) in [6.07, 6.45) is 2.50. The Morgan fingerprint density at radius 2 is 1.89 bits per heavy atom. The normalized spacial score (nSPS) is 20.3. The van der Waals surface area contributed by atoms with E-state index in [2.05, 4.69) is 27.6 Å². The Kier molecular flexibility index (Phi) is 4.78. The van der Waals surface area contributed by atoms with E-state index in [0.717, 1.165) is 12.2 Å². The molecule has 0 bridgehead atoms. The molecule has 8 heteroatoms. The zero-order valence-corrected chi connectivity index (χ0v) is 16.3. The molecule has 2 aliphatic heterocycles. The maximum Gasteiger partial charge on any atom is 0.317 e. The van der Waals surface area contributed by atoms with Crippen LogP contribution in [0.2, 0.25) is 0 Å². The van der Waals surface area contributed by atoms with E-state index in [1.165, 1.54) is 5.56 Å². The summed E-state index contributed by atoms with van der Waals surface area (Å²) in [6, 6.07) is 10.1. The highest BCUT2D eigenvalue weighted by Gasteiger charge is 2.57. The van der Waals surface area contributed by atoms with Gasteiger partial charge in [-0.25, -0.2) is 4.79 Å². The Labute approximate surface area is 164 Å². The first-order valence-electron chi connectivity index (χ1n) is 9.65. The predicted molar refractivity (Wildman–Crippen MR) is 104 cm³/mol. The van der Waals surface area contributed by atoms with Crippen LogP contribution in [-0.4, -0.2) is 69.2 Å². The molecule has 0 aliphatic carbocycles. The lowest BCUT2D eigenvalue weighted by Crippen LogP contribution is -2.63. The van der Waals surface area contributed by atoms with Crippen LogP contribution >= 0.6 is 0 Å². The van der Waals surface area contributed by atoms with Crippen LogP contribution in [0.25, 0.3) is 0 Å². The number of likely N-dealkylation sites (tertiary alicyclic amines) is 2. The molecule has 2 aromatic rings. The monoisotopic (exact) mass is 382 g/mol. The fraction of sp³-hybridized carbons (Fsp3) is 0.500. The molecular weight excluding hydrogens is 356 g/mol.